The van der Waals surface area contributed by atoms with Crippen molar-refractivity contribution in [1.29, 1.82) is 0 Å². The topological polar surface area (TPSA) is 86.8 Å². The van der Waals surface area contributed by atoms with E-state index in [0.29, 0.717) is 18.7 Å². The molecule has 0 bridgehead atoms. The lowest BCUT2D eigenvalue weighted by Crippen LogP contribution is -2.50. The molecule has 7 nitrogen and oxygen atoms in total. The first-order valence-corrected chi connectivity index (χ1v) is 16.0. The summed E-state index contributed by atoms with van der Waals surface area (Å²) in [5, 5.41) is 3.15. The van der Waals surface area contributed by atoms with Crippen LogP contribution in [0, 0.1) is 13.8 Å². The molecule has 9 heteroatoms. The number of anilines is 1. The van der Waals surface area contributed by atoms with Crippen molar-refractivity contribution < 1.29 is 18.0 Å². The number of hydrogen-bond acceptors (Lipinski definition) is 4. The third kappa shape index (κ3) is 8.56. The van der Waals surface area contributed by atoms with Gasteiger partial charge in [0.15, 0.2) is 0 Å². The first-order valence-electron chi connectivity index (χ1n) is 13.3. The van der Waals surface area contributed by atoms with E-state index in [4.69, 9.17) is 0 Å². The van der Waals surface area contributed by atoms with Gasteiger partial charge in [-0.3, -0.25) is 13.9 Å². The Kier molecular flexibility index (Phi) is 10.8. The highest BCUT2D eigenvalue weighted by atomic mass is 79.9. The Labute approximate surface area is 236 Å². The average Bonchev–Trinajstić information content (AvgIpc) is 2.87. The molecule has 0 spiro atoms. The van der Waals surface area contributed by atoms with Crippen LogP contribution < -0.4 is 9.62 Å². The summed E-state index contributed by atoms with van der Waals surface area (Å²) in [7, 11) is -3.52. The number of nitrogens with one attached hydrogen (secondary N) is 1. The van der Waals surface area contributed by atoms with Crippen molar-refractivity contribution in [3.8, 4) is 0 Å². The maximum absolute atomic E-state index is 13.5. The highest BCUT2D eigenvalue weighted by molar-refractivity contribution is 9.10. The minimum atomic E-state index is -3.52. The van der Waals surface area contributed by atoms with Crippen LogP contribution >= 0.6 is 15.9 Å². The minimum Gasteiger partial charge on any atom is -0.352 e. The molecule has 1 atom stereocenters. The van der Waals surface area contributed by atoms with Gasteiger partial charge in [0.2, 0.25) is 21.8 Å². The molecule has 2 aromatic carbocycles. The molecule has 3 rings (SSSR count). The zero-order chi connectivity index (χ0) is 27.9. The smallest absolute Gasteiger partial charge is 0.242 e. The summed E-state index contributed by atoms with van der Waals surface area (Å²) in [6.45, 7) is 6.18. The van der Waals surface area contributed by atoms with Gasteiger partial charge in [-0.2, -0.15) is 0 Å². The van der Waals surface area contributed by atoms with Crippen LogP contribution in [-0.4, -0.2) is 50.0 Å². The highest BCUT2D eigenvalue weighted by Gasteiger charge is 2.28. The Balaban J connectivity index is 1.72. The fraction of sp³-hybridized carbons (Fsp3) is 0.517. The molecule has 1 aliphatic rings. The van der Waals surface area contributed by atoms with E-state index in [-0.39, 0.29) is 30.8 Å². The van der Waals surface area contributed by atoms with Crippen LogP contribution in [0.2, 0.25) is 0 Å². The third-order valence-electron chi connectivity index (χ3n) is 7.32. The molecule has 1 N–H and O–H groups in total. The van der Waals surface area contributed by atoms with Gasteiger partial charge in [0.05, 0.1) is 11.9 Å². The number of benzene rings is 2. The van der Waals surface area contributed by atoms with Gasteiger partial charge < -0.3 is 10.2 Å². The van der Waals surface area contributed by atoms with Gasteiger partial charge in [-0.25, -0.2) is 8.42 Å². The first kappa shape index (κ1) is 30.2. The highest BCUT2D eigenvalue weighted by Crippen LogP contribution is 2.23. The second kappa shape index (κ2) is 13.6. The lowest BCUT2D eigenvalue weighted by molar-refractivity contribution is -0.141. The average molecular weight is 607 g/mol. The monoisotopic (exact) mass is 605 g/mol. The van der Waals surface area contributed by atoms with Crippen LogP contribution in [0.4, 0.5) is 5.69 Å². The van der Waals surface area contributed by atoms with Crippen molar-refractivity contribution in [3.63, 3.8) is 0 Å². The molecule has 0 radical (unpaired) electrons. The van der Waals surface area contributed by atoms with E-state index in [9.17, 15) is 18.0 Å². The van der Waals surface area contributed by atoms with Crippen LogP contribution in [0.25, 0.3) is 0 Å². The molecule has 208 valence electrons. The summed E-state index contributed by atoms with van der Waals surface area (Å²) in [6, 6.07) is 12.8. The molecule has 1 aliphatic carbocycles. The van der Waals surface area contributed by atoms with Crippen molar-refractivity contribution in [2.75, 3.05) is 17.1 Å². The fourth-order valence-corrected chi connectivity index (χ4v) is 6.04. The number of carbonyl (C=O) groups is 2. The van der Waals surface area contributed by atoms with Gasteiger partial charge in [-0.15, -0.1) is 0 Å². The van der Waals surface area contributed by atoms with Crippen LogP contribution in [0.3, 0.4) is 0 Å². The van der Waals surface area contributed by atoms with E-state index in [2.05, 4.69) is 21.2 Å². The quantitative estimate of drug-likeness (QED) is 0.367. The SMILES string of the molecule is Cc1ccc(N(CCCC(=O)N(Cc2ccc(Br)cc2)C(C)C(=O)NC2CCCCC2)S(C)(=O)=O)cc1C. The van der Waals surface area contributed by atoms with Crippen LogP contribution in [0.15, 0.2) is 46.9 Å². The summed E-state index contributed by atoms with van der Waals surface area (Å²) < 4.78 is 27.4. The van der Waals surface area contributed by atoms with Gasteiger partial charge in [0, 0.05) is 30.0 Å². The molecule has 1 saturated carbocycles. The largest absolute Gasteiger partial charge is 0.352 e. The molecule has 0 aromatic heterocycles. The normalized spacial score (nSPS) is 15.1. The van der Waals surface area contributed by atoms with E-state index in [1.54, 1.807) is 17.9 Å². The Morgan fingerprint density at radius 1 is 1.03 bits per heavy atom. The lowest BCUT2D eigenvalue weighted by atomic mass is 9.95. The van der Waals surface area contributed by atoms with Gasteiger partial charge in [0.1, 0.15) is 6.04 Å². The summed E-state index contributed by atoms with van der Waals surface area (Å²) in [4.78, 5) is 28.3. The molecule has 1 fully saturated rings. The number of nitrogens with zero attached hydrogens (tertiary/aromatic N) is 2. The second-order valence-corrected chi connectivity index (χ2v) is 13.2. The van der Waals surface area contributed by atoms with Gasteiger partial charge in [0.25, 0.3) is 0 Å². The molecular formula is C29H40BrN3O4S. The predicted molar refractivity (Wildman–Crippen MR) is 157 cm³/mol. The number of hydrogen-bond donors (Lipinski definition) is 1. The van der Waals surface area contributed by atoms with E-state index in [1.165, 1.54) is 17.0 Å². The summed E-state index contributed by atoms with van der Waals surface area (Å²) in [5.74, 6) is -0.317. The third-order valence-corrected chi connectivity index (χ3v) is 9.04. The van der Waals surface area contributed by atoms with E-state index in [0.717, 1.165) is 46.8 Å². The molecular weight excluding hydrogens is 566 g/mol. The molecule has 0 heterocycles. The number of rotatable bonds is 11. The number of aryl methyl sites for hydroxylation is 2. The van der Waals surface area contributed by atoms with Gasteiger partial charge in [-0.05, 0) is 81.0 Å². The fourth-order valence-electron chi connectivity index (χ4n) is 4.82. The maximum atomic E-state index is 13.5. The number of halogens is 1. The molecule has 0 aliphatic heterocycles. The molecule has 38 heavy (non-hydrogen) atoms. The summed E-state index contributed by atoms with van der Waals surface area (Å²) in [5.41, 5.74) is 3.61. The van der Waals surface area contributed by atoms with E-state index in [1.807, 2.05) is 50.2 Å². The van der Waals surface area contributed by atoms with Crippen LogP contribution in [0.5, 0.6) is 0 Å². The van der Waals surface area contributed by atoms with Gasteiger partial charge in [-0.1, -0.05) is 53.4 Å². The molecule has 2 aromatic rings. The Morgan fingerprint density at radius 2 is 1.68 bits per heavy atom. The lowest BCUT2D eigenvalue weighted by Gasteiger charge is -2.31. The van der Waals surface area contributed by atoms with Crippen molar-refractivity contribution in [3.05, 3.63) is 63.6 Å². The van der Waals surface area contributed by atoms with Crippen molar-refractivity contribution in [1.82, 2.24) is 10.2 Å². The second-order valence-electron chi connectivity index (χ2n) is 10.4. The maximum Gasteiger partial charge on any atom is 0.242 e. The predicted octanol–water partition coefficient (Wildman–Crippen LogP) is 5.48. The van der Waals surface area contributed by atoms with Crippen molar-refractivity contribution >= 4 is 43.5 Å². The Morgan fingerprint density at radius 3 is 2.29 bits per heavy atom. The Hall–Kier alpha value is -2.39. The summed E-state index contributed by atoms with van der Waals surface area (Å²) >= 11 is 3.44. The molecule has 1 unspecified atom stereocenters. The van der Waals surface area contributed by atoms with E-state index >= 15 is 0 Å². The molecule has 0 saturated heterocycles. The Bertz CT molecular complexity index is 1210. The number of amides is 2. The van der Waals surface area contributed by atoms with Crippen molar-refractivity contribution in [2.24, 2.45) is 0 Å². The first-order chi connectivity index (χ1) is 18.0. The van der Waals surface area contributed by atoms with Crippen LogP contribution in [0.1, 0.15) is 68.6 Å². The number of sulfonamides is 1. The standard InChI is InChI=1S/C29H40BrN3O4S/c1-21-12-17-27(19-22(21)2)33(38(4,36)37)18-8-11-28(34)32(20-24-13-15-25(30)16-14-24)23(3)29(35)31-26-9-6-5-7-10-26/h12-17,19,23,26H,5-11,18,20H2,1-4H3,(H,31,35). The molecule has 2 amide bonds. The van der Waals surface area contributed by atoms with E-state index < -0.39 is 16.1 Å². The number of carbonyl (C=O) groups excluding carboxylic acids is 2. The zero-order valence-corrected chi connectivity index (χ0v) is 25.3. The van der Waals surface area contributed by atoms with Crippen LogP contribution in [-0.2, 0) is 26.2 Å². The minimum absolute atomic E-state index is 0.133. The van der Waals surface area contributed by atoms with Crippen molar-refractivity contribution in [2.45, 2.75) is 84.3 Å². The summed E-state index contributed by atoms with van der Waals surface area (Å²) in [6.07, 6.45) is 7.01. The van der Waals surface area contributed by atoms with Gasteiger partial charge >= 0.3 is 0 Å². The zero-order valence-electron chi connectivity index (χ0n) is 22.9.